The van der Waals surface area contributed by atoms with Crippen molar-refractivity contribution >= 4 is 22.8 Å². The van der Waals surface area contributed by atoms with E-state index in [2.05, 4.69) is 25.2 Å². The van der Waals surface area contributed by atoms with Crippen molar-refractivity contribution in [3.63, 3.8) is 0 Å². The van der Waals surface area contributed by atoms with Gasteiger partial charge in [-0.25, -0.2) is 14.4 Å². The predicted octanol–water partition coefficient (Wildman–Crippen LogP) is 3.58. The van der Waals surface area contributed by atoms with Crippen LogP contribution in [0, 0.1) is 17.2 Å². The molecule has 2 N–H and O–H groups in total. The fourth-order valence-corrected chi connectivity index (χ4v) is 4.70. The quantitative estimate of drug-likeness (QED) is 0.711. The number of halogens is 1. The summed E-state index contributed by atoms with van der Waals surface area (Å²) in [6, 6.07) is 8.22. The predicted molar refractivity (Wildman–Crippen MR) is 109 cm³/mol. The van der Waals surface area contributed by atoms with E-state index in [4.69, 9.17) is 0 Å². The zero-order chi connectivity index (χ0) is 20.0. The van der Waals surface area contributed by atoms with E-state index in [1.807, 2.05) is 25.3 Å². The Morgan fingerprint density at radius 3 is 3.00 bits per heavy atom. The molecule has 1 aromatic carbocycles. The van der Waals surface area contributed by atoms with Crippen LogP contribution >= 0.6 is 0 Å². The van der Waals surface area contributed by atoms with Crippen molar-refractivity contribution in [3.8, 4) is 0 Å². The molecule has 2 aliphatic rings. The van der Waals surface area contributed by atoms with E-state index in [0.29, 0.717) is 0 Å². The number of piperidine rings is 1. The number of carbonyl (C=O) groups is 1. The smallest absolute Gasteiger partial charge is 0.224 e. The Hall–Kier alpha value is -2.96. The molecule has 150 valence electrons. The van der Waals surface area contributed by atoms with Crippen molar-refractivity contribution in [2.24, 2.45) is 11.3 Å². The molecular formula is C22H24FN5O. The van der Waals surface area contributed by atoms with Crippen LogP contribution in [0.15, 0.2) is 42.9 Å². The molecule has 2 fully saturated rings. The van der Waals surface area contributed by atoms with Crippen LogP contribution in [0.2, 0.25) is 0 Å². The lowest BCUT2D eigenvalue weighted by atomic mass is 9.81. The Bertz CT molecular complexity index is 1060. The number of hydrogen-bond acceptors (Lipinski definition) is 4. The number of anilines is 1. The molecule has 1 aliphatic heterocycles. The van der Waals surface area contributed by atoms with Gasteiger partial charge in [-0.05, 0) is 55.4 Å². The van der Waals surface area contributed by atoms with E-state index in [9.17, 15) is 9.18 Å². The summed E-state index contributed by atoms with van der Waals surface area (Å²) in [5.74, 6) is 0.720. The molecule has 6 nitrogen and oxygen atoms in total. The summed E-state index contributed by atoms with van der Waals surface area (Å²) in [5, 5.41) is 4.13. The summed E-state index contributed by atoms with van der Waals surface area (Å²) in [5.41, 5.74) is 1.64. The molecule has 2 atom stereocenters. The van der Waals surface area contributed by atoms with Crippen molar-refractivity contribution < 1.29 is 9.18 Å². The monoisotopic (exact) mass is 393 g/mol. The zero-order valence-electron chi connectivity index (χ0n) is 16.4. The number of aromatic amines is 1. The number of H-pyrrole nitrogens is 1. The lowest BCUT2D eigenvalue weighted by molar-refractivity contribution is -0.128. The van der Waals surface area contributed by atoms with E-state index in [-0.39, 0.29) is 29.1 Å². The molecule has 7 heteroatoms. The summed E-state index contributed by atoms with van der Waals surface area (Å²) in [4.78, 5) is 27.3. The van der Waals surface area contributed by atoms with Crippen LogP contribution in [-0.4, -0.2) is 33.9 Å². The van der Waals surface area contributed by atoms with E-state index in [1.54, 1.807) is 12.4 Å². The second-order valence-electron chi connectivity index (χ2n) is 8.35. The fraction of sp³-hybridized carbons (Fsp3) is 0.409. The van der Waals surface area contributed by atoms with Gasteiger partial charge in [0.15, 0.2) is 0 Å². The van der Waals surface area contributed by atoms with Crippen LogP contribution in [0.25, 0.3) is 11.0 Å². The van der Waals surface area contributed by atoms with E-state index in [1.165, 1.54) is 12.1 Å². The summed E-state index contributed by atoms with van der Waals surface area (Å²) < 4.78 is 13.5. The molecule has 0 radical (unpaired) electrons. The number of hydrogen-bond donors (Lipinski definition) is 2. The van der Waals surface area contributed by atoms with Crippen LogP contribution in [0.3, 0.4) is 0 Å². The first kappa shape index (κ1) is 18.1. The largest absolute Gasteiger partial charge is 0.355 e. The number of carbonyl (C=O) groups excluding carboxylic acids is 1. The van der Waals surface area contributed by atoms with Gasteiger partial charge in [-0.15, -0.1) is 0 Å². The van der Waals surface area contributed by atoms with Gasteiger partial charge in [0.2, 0.25) is 5.91 Å². The molecule has 2 aromatic heterocycles. The van der Waals surface area contributed by atoms with Crippen molar-refractivity contribution in [1.82, 2.24) is 20.3 Å². The maximum atomic E-state index is 13.5. The van der Waals surface area contributed by atoms with Gasteiger partial charge in [-0.1, -0.05) is 12.1 Å². The van der Waals surface area contributed by atoms with Gasteiger partial charge in [0, 0.05) is 25.2 Å². The van der Waals surface area contributed by atoms with Gasteiger partial charge < -0.3 is 15.2 Å². The Kier molecular flexibility index (Phi) is 4.26. The van der Waals surface area contributed by atoms with Gasteiger partial charge in [-0.3, -0.25) is 4.79 Å². The van der Waals surface area contributed by atoms with Crippen molar-refractivity contribution in [2.75, 3.05) is 18.0 Å². The second kappa shape index (κ2) is 6.83. The zero-order valence-corrected chi connectivity index (χ0v) is 16.4. The Balaban J connectivity index is 1.31. The number of aromatic nitrogens is 3. The van der Waals surface area contributed by atoms with Crippen LogP contribution in [0.5, 0.6) is 0 Å². The van der Waals surface area contributed by atoms with Crippen LogP contribution < -0.4 is 10.2 Å². The maximum Gasteiger partial charge on any atom is 0.224 e. The third-order valence-corrected chi connectivity index (χ3v) is 6.48. The average Bonchev–Trinajstić information content (AvgIpc) is 3.29. The Labute approximate surface area is 168 Å². The normalized spacial score (nSPS) is 21.3. The summed E-state index contributed by atoms with van der Waals surface area (Å²) >= 11 is 0. The van der Waals surface area contributed by atoms with Gasteiger partial charge >= 0.3 is 0 Å². The minimum absolute atomic E-state index is 0.0115. The highest BCUT2D eigenvalue weighted by atomic mass is 19.1. The number of rotatable bonds is 4. The van der Waals surface area contributed by atoms with E-state index >= 15 is 0 Å². The first-order valence-corrected chi connectivity index (χ1v) is 10.1. The van der Waals surface area contributed by atoms with Crippen LogP contribution in [-0.2, 0) is 4.79 Å². The number of amides is 1. The molecule has 3 heterocycles. The SMILES string of the molecule is CC(NC(=O)C1CCN(c2ncnc3[nH]ccc23)CC12CC2)c1cccc(F)c1. The van der Waals surface area contributed by atoms with E-state index in [0.717, 1.165) is 54.8 Å². The molecular weight excluding hydrogens is 369 g/mol. The van der Waals surface area contributed by atoms with Crippen LogP contribution in [0.4, 0.5) is 10.2 Å². The minimum Gasteiger partial charge on any atom is -0.355 e. The van der Waals surface area contributed by atoms with Crippen LogP contribution in [0.1, 0.15) is 37.8 Å². The Morgan fingerprint density at radius 1 is 1.34 bits per heavy atom. The number of nitrogens with zero attached hydrogens (tertiary/aromatic N) is 3. The topological polar surface area (TPSA) is 73.9 Å². The fourth-order valence-electron chi connectivity index (χ4n) is 4.70. The highest BCUT2D eigenvalue weighted by molar-refractivity contribution is 5.87. The summed E-state index contributed by atoms with van der Waals surface area (Å²) in [6.07, 6.45) is 6.36. The lowest BCUT2D eigenvalue weighted by Gasteiger charge is -2.39. The standard InChI is InChI=1S/C22H24FN5O/c1-14(15-3-2-4-16(23)11-15)27-21(29)18-6-10-28(12-22(18)7-8-22)20-17-5-9-24-19(17)25-13-26-20/h2-5,9,11,13-14,18H,6-8,10,12H2,1H3,(H,27,29)(H,24,25,26). The molecule has 1 amide bonds. The molecule has 2 unspecified atom stereocenters. The minimum atomic E-state index is -0.281. The molecule has 1 spiro atoms. The average molecular weight is 393 g/mol. The Morgan fingerprint density at radius 2 is 2.21 bits per heavy atom. The van der Waals surface area contributed by atoms with E-state index < -0.39 is 0 Å². The summed E-state index contributed by atoms with van der Waals surface area (Å²) in [7, 11) is 0. The molecule has 1 aliphatic carbocycles. The molecule has 3 aromatic rings. The van der Waals surface area contributed by atoms with Crippen molar-refractivity contribution in [3.05, 3.63) is 54.2 Å². The molecule has 1 saturated heterocycles. The summed E-state index contributed by atoms with van der Waals surface area (Å²) in [6.45, 7) is 3.52. The number of benzene rings is 1. The second-order valence-corrected chi connectivity index (χ2v) is 8.35. The molecule has 0 bridgehead atoms. The third-order valence-electron chi connectivity index (χ3n) is 6.48. The highest BCUT2D eigenvalue weighted by Gasteiger charge is 2.55. The van der Waals surface area contributed by atoms with Gasteiger partial charge in [0.1, 0.15) is 23.6 Å². The first-order valence-electron chi connectivity index (χ1n) is 10.1. The number of nitrogens with one attached hydrogen (secondary N) is 2. The number of fused-ring (bicyclic) bond motifs is 1. The highest BCUT2D eigenvalue weighted by Crippen LogP contribution is 2.56. The van der Waals surface area contributed by atoms with Crippen molar-refractivity contribution in [2.45, 2.75) is 32.2 Å². The lowest BCUT2D eigenvalue weighted by Crippen LogP contribution is -2.48. The third kappa shape index (κ3) is 3.24. The van der Waals surface area contributed by atoms with Gasteiger partial charge in [-0.2, -0.15) is 0 Å². The van der Waals surface area contributed by atoms with Gasteiger partial charge in [0.05, 0.1) is 11.4 Å². The molecule has 29 heavy (non-hydrogen) atoms. The molecule has 1 saturated carbocycles. The first-order chi connectivity index (χ1) is 14.1. The van der Waals surface area contributed by atoms with Crippen molar-refractivity contribution in [1.29, 1.82) is 0 Å². The molecule has 5 rings (SSSR count). The van der Waals surface area contributed by atoms with Gasteiger partial charge in [0.25, 0.3) is 0 Å². The maximum absolute atomic E-state index is 13.5.